The summed E-state index contributed by atoms with van der Waals surface area (Å²) in [4.78, 5) is 9.79. The van der Waals surface area contributed by atoms with Crippen LogP contribution in [-0.4, -0.2) is 17.4 Å². The smallest absolute Gasteiger partial charge is 0.293 e. The van der Waals surface area contributed by atoms with E-state index in [4.69, 9.17) is 23.2 Å². The average molecular weight is 199 g/mol. The molecule has 0 saturated carbocycles. The van der Waals surface area contributed by atoms with Crippen LogP contribution in [0.3, 0.4) is 0 Å². The van der Waals surface area contributed by atoms with E-state index < -0.39 is 4.33 Å². The third kappa shape index (κ3) is 6.45. The van der Waals surface area contributed by atoms with Crippen LogP contribution in [0.4, 0.5) is 0 Å². The lowest BCUT2D eigenvalue weighted by molar-refractivity contribution is -0.129. The molecule has 0 N–H and O–H groups in total. The van der Waals surface area contributed by atoms with E-state index >= 15 is 0 Å². The summed E-state index contributed by atoms with van der Waals surface area (Å²) < 4.78 is 3.55. The summed E-state index contributed by atoms with van der Waals surface area (Å²) >= 11 is 11.6. The molecule has 0 unspecified atom stereocenters. The molecule has 4 heteroatoms. The number of rotatable bonds is 6. The molecule has 0 aromatic heterocycles. The first-order chi connectivity index (χ1) is 5.12. The molecule has 0 spiro atoms. The van der Waals surface area contributed by atoms with Crippen molar-refractivity contribution in [2.75, 3.05) is 6.61 Å². The van der Waals surface area contributed by atoms with Gasteiger partial charge in [-0.15, -0.1) is 0 Å². The van der Waals surface area contributed by atoms with Crippen LogP contribution in [0.25, 0.3) is 0 Å². The molecule has 0 radical (unpaired) electrons. The summed E-state index contributed by atoms with van der Waals surface area (Å²) in [6.07, 6.45) is 2.62. The van der Waals surface area contributed by atoms with Crippen LogP contribution in [-0.2, 0) is 9.53 Å². The number of carbonyl (C=O) groups is 1. The van der Waals surface area contributed by atoms with Gasteiger partial charge in [-0.3, -0.25) is 4.79 Å². The predicted molar refractivity (Wildman–Crippen MR) is 46.0 cm³/mol. The van der Waals surface area contributed by atoms with Crippen LogP contribution in [0.5, 0.6) is 0 Å². The zero-order valence-corrected chi connectivity index (χ0v) is 7.99. The average Bonchev–Trinajstić information content (AvgIpc) is 1.97. The fourth-order valence-electron chi connectivity index (χ4n) is 0.664. The first-order valence-electron chi connectivity index (χ1n) is 3.55. The molecule has 11 heavy (non-hydrogen) atoms. The highest BCUT2D eigenvalue weighted by Gasteiger charge is 2.23. The third-order valence-corrected chi connectivity index (χ3v) is 1.85. The highest BCUT2D eigenvalue weighted by Crippen LogP contribution is 2.27. The quantitative estimate of drug-likeness (QED) is 0.485. The highest BCUT2D eigenvalue weighted by atomic mass is 35.5. The molecule has 0 saturated heterocycles. The fraction of sp³-hybridized carbons (Fsp3) is 0.857. The minimum absolute atomic E-state index is 0.0691. The lowest BCUT2D eigenvalue weighted by atomic mass is 10.2. The van der Waals surface area contributed by atoms with Crippen molar-refractivity contribution in [2.45, 2.75) is 30.5 Å². The minimum atomic E-state index is -0.906. The molecule has 0 bridgehead atoms. The van der Waals surface area contributed by atoms with Crippen molar-refractivity contribution >= 4 is 29.7 Å². The molecule has 0 aliphatic carbocycles. The zero-order chi connectivity index (χ0) is 8.74. The molecule has 0 aromatic carbocycles. The summed E-state index contributed by atoms with van der Waals surface area (Å²) in [5.41, 5.74) is 0. The second kappa shape index (κ2) is 5.67. The Labute approximate surface area is 76.8 Å². The van der Waals surface area contributed by atoms with Gasteiger partial charge < -0.3 is 4.74 Å². The Hall–Kier alpha value is 0.0500. The van der Waals surface area contributed by atoms with Crippen molar-refractivity contribution in [1.82, 2.24) is 0 Å². The molecule has 0 fully saturated rings. The molecule has 0 heterocycles. The number of halogens is 2. The van der Waals surface area contributed by atoms with Gasteiger partial charge in [0.2, 0.25) is 0 Å². The zero-order valence-electron chi connectivity index (χ0n) is 6.48. The van der Waals surface area contributed by atoms with Gasteiger partial charge in [0.05, 0.1) is 0 Å². The van der Waals surface area contributed by atoms with Gasteiger partial charge in [-0.05, 0) is 6.42 Å². The first kappa shape index (κ1) is 11.1. The largest absolute Gasteiger partial charge is 0.465 e. The maximum absolute atomic E-state index is 9.79. The van der Waals surface area contributed by atoms with E-state index in [9.17, 15) is 4.79 Å². The Morgan fingerprint density at radius 1 is 1.55 bits per heavy atom. The lowest BCUT2D eigenvalue weighted by Crippen LogP contribution is -2.20. The van der Waals surface area contributed by atoms with Gasteiger partial charge >= 0.3 is 0 Å². The Morgan fingerprint density at radius 3 is 2.64 bits per heavy atom. The molecule has 0 aromatic rings. The van der Waals surface area contributed by atoms with E-state index in [0.29, 0.717) is 12.9 Å². The number of carbonyl (C=O) groups excluding carboxylic acids is 1. The van der Waals surface area contributed by atoms with Crippen LogP contribution < -0.4 is 0 Å². The van der Waals surface area contributed by atoms with E-state index in [1.807, 2.05) is 6.92 Å². The third-order valence-electron chi connectivity index (χ3n) is 1.26. The number of hydrogen-bond acceptors (Lipinski definition) is 2. The number of ether oxygens (including phenoxy) is 1. The Bertz CT molecular complexity index is 115. The van der Waals surface area contributed by atoms with E-state index in [1.165, 1.54) is 0 Å². The Balaban J connectivity index is 3.51. The van der Waals surface area contributed by atoms with E-state index in [-0.39, 0.29) is 6.61 Å². The van der Waals surface area contributed by atoms with Crippen molar-refractivity contribution in [3.05, 3.63) is 0 Å². The maximum atomic E-state index is 9.79. The molecule has 0 aliphatic rings. The summed E-state index contributed by atoms with van der Waals surface area (Å²) in [5.74, 6) is 0. The van der Waals surface area contributed by atoms with Crippen molar-refractivity contribution in [3.63, 3.8) is 0 Å². The minimum Gasteiger partial charge on any atom is -0.465 e. The number of hydrogen-bond donors (Lipinski definition) is 0. The van der Waals surface area contributed by atoms with E-state index in [1.54, 1.807) is 0 Å². The second-order valence-corrected chi connectivity index (χ2v) is 4.01. The SMILES string of the molecule is CCCCC(Cl)(Cl)COC=O. The topological polar surface area (TPSA) is 26.3 Å². The summed E-state index contributed by atoms with van der Waals surface area (Å²) in [6.45, 7) is 2.47. The summed E-state index contributed by atoms with van der Waals surface area (Å²) in [5, 5.41) is 0. The van der Waals surface area contributed by atoms with Gasteiger partial charge in [-0.1, -0.05) is 43.0 Å². The summed E-state index contributed by atoms with van der Waals surface area (Å²) in [6, 6.07) is 0. The highest BCUT2D eigenvalue weighted by molar-refractivity contribution is 6.48. The number of alkyl halides is 2. The van der Waals surface area contributed by atoms with Gasteiger partial charge in [0.1, 0.15) is 6.61 Å². The van der Waals surface area contributed by atoms with Crippen molar-refractivity contribution in [1.29, 1.82) is 0 Å². The molecule has 0 atom stereocenters. The molecular weight excluding hydrogens is 187 g/mol. The van der Waals surface area contributed by atoms with Crippen LogP contribution >= 0.6 is 23.2 Å². The molecule has 0 aliphatic heterocycles. The maximum Gasteiger partial charge on any atom is 0.293 e. The van der Waals surface area contributed by atoms with Crippen LogP contribution in [0.1, 0.15) is 26.2 Å². The van der Waals surface area contributed by atoms with Crippen LogP contribution in [0.2, 0.25) is 0 Å². The Morgan fingerprint density at radius 2 is 2.18 bits per heavy atom. The first-order valence-corrected chi connectivity index (χ1v) is 4.31. The standard InChI is InChI=1S/C7H12Cl2O2/c1-2-3-4-7(8,9)5-11-6-10/h6H,2-5H2,1H3. The monoisotopic (exact) mass is 198 g/mol. The molecular formula is C7H12Cl2O2. The lowest BCUT2D eigenvalue weighted by Gasteiger charge is -2.16. The molecule has 0 rings (SSSR count). The molecule has 66 valence electrons. The van der Waals surface area contributed by atoms with Gasteiger partial charge in [-0.2, -0.15) is 0 Å². The molecule has 0 amide bonds. The molecule has 2 nitrogen and oxygen atoms in total. The van der Waals surface area contributed by atoms with Crippen molar-refractivity contribution in [2.24, 2.45) is 0 Å². The van der Waals surface area contributed by atoms with Crippen LogP contribution in [0, 0.1) is 0 Å². The van der Waals surface area contributed by atoms with Crippen molar-refractivity contribution in [3.8, 4) is 0 Å². The van der Waals surface area contributed by atoms with Gasteiger partial charge in [-0.25, -0.2) is 0 Å². The van der Waals surface area contributed by atoms with Crippen LogP contribution in [0.15, 0.2) is 0 Å². The second-order valence-electron chi connectivity index (χ2n) is 2.37. The normalized spacial score (nSPS) is 11.2. The fourth-order valence-corrected chi connectivity index (χ4v) is 1.06. The van der Waals surface area contributed by atoms with Gasteiger partial charge in [0.25, 0.3) is 6.47 Å². The van der Waals surface area contributed by atoms with E-state index in [0.717, 1.165) is 12.8 Å². The van der Waals surface area contributed by atoms with Crippen molar-refractivity contribution < 1.29 is 9.53 Å². The van der Waals surface area contributed by atoms with Gasteiger partial charge in [0.15, 0.2) is 4.33 Å². The Kier molecular flexibility index (Phi) is 5.69. The van der Waals surface area contributed by atoms with Gasteiger partial charge in [0, 0.05) is 0 Å². The van der Waals surface area contributed by atoms with E-state index in [2.05, 4.69) is 4.74 Å². The predicted octanol–water partition coefficient (Wildman–Crippen LogP) is 2.52. The number of unbranched alkanes of at least 4 members (excludes halogenated alkanes) is 1. The summed E-state index contributed by atoms with van der Waals surface area (Å²) in [7, 11) is 0.